The molecule has 0 bridgehead atoms. The number of hydrogen-bond donors (Lipinski definition) is 2. The molecule has 0 unspecified atom stereocenters. The Bertz CT molecular complexity index is 586. The average molecular weight is 314 g/mol. The van der Waals surface area contributed by atoms with Gasteiger partial charge in [-0.05, 0) is 45.7 Å². The number of aromatic nitrogens is 2. The minimum atomic E-state index is -3.50. The van der Waals surface area contributed by atoms with Crippen LogP contribution in [0.15, 0.2) is 4.90 Å². The molecule has 6 nitrogen and oxygen atoms in total. The van der Waals surface area contributed by atoms with Crippen LogP contribution in [-0.4, -0.2) is 37.3 Å². The Hall–Kier alpha value is -0.920. The lowest BCUT2D eigenvalue weighted by atomic mass is 10.1. The Kier molecular flexibility index (Phi) is 5.06. The summed E-state index contributed by atoms with van der Waals surface area (Å²) >= 11 is 0. The van der Waals surface area contributed by atoms with Gasteiger partial charge in [0.1, 0.15) is 4.90 Å². The van der Waals surface area contributed by atoms with E-state index in [0.29, 0.717) is 16.5 Å². The van der Waals surface area contributed by atoms with Crippen LogP contribution in [0.5, 0.6) is 0 Å². The molecule has 0 radical (unpaired) electrons. The van der Waals surface area contributed by atoms with E-state index in [-0.39, 0.29) is 6.04 Å². The second-order valence-corrected chi connectivity index (χ2v) is 7.87. The highest BCUT2D eigenvalue weighted by Gasteiger charge is 2.28. The third kappa shape index (κ3) is 3.84. The summed E-state index contributed by atoms with van der Waals surface area (Å²) in [6.07, 6.45) is 1.66. The van der Waals surface area contributed by atoms with E-state index in [1.807, 2.05) is 6.92 Å². The molecule has 1 aromatic rings. The number of rotatable bonds is 5. The number of nitrogens with one attached hydrogen (secondary N) is 2. The van der Waals surface area contributed by atoms with E-state index < -0.39 is 10.0 Å². The summed E-state index contributed by atoms with van der Waals surface area (Å²) in [5.74, 6) is 0.427. The van der Waals surface area contributed by atoms with Crippen molar-refractivity contribution >= 4 is 10.0 Å². The number of piperidine rings is 1. The summed E-state index contributed by atoms with van der Waals surface area (Å²) in [5.41, 5.74) is 1.30. The molecular formula is C14H26N4O2S. The zero-order valence-corrected chi connectivity index (χ0v) is 14.1. The highest BCUT2D eigenvalue weighted by atomic mass is 32.2. The first kappa shape index (κ1) is 16.5. The van der Waals surface area contributed by atoms with Gasteiger partial charge in [-0.15, -0.1) is 0 Å². The largest absolute Gasteiger partial charge is 0.317 e. The van der Waals surface area contributed by atoms with Gasteiger partial charge in [-0.25, -0.2) is 13.1 Å². The van der Waals surface area contributed by atoms with Gasteiger partial charge in [0.2, 0.25) is 10.0 Å². The van der Waals surface area contributed by atoms with Crippen LogP contribution in [0.25, 0.3) is 0 Å². The van der Waals surface area contributed by atoms with Crippen molar-refractivity contribution in [1.29, 1.82) is 0 Å². The highest BCUT2D eigenvalue weighted by molar-refractivity contribution is 7.89. The molecule has 2 N–H and O–H groups in total. The third-order valence-electron chi connectivity index (χ3n) is 3.78. The first-order valence-electron chi connectivity index (χ1n) is 7.58. The summed E-state index contributed by atoms with van der Waals surface area (Å²) in [6.45, 7) is 10.2. The van der Waals surface area contributed by atoms with Crippen LogP contribution < -0.4 is 10.0 Å². The smallest absolute Gasteiger partial charge is 0.244 e. The molecule has 2 rings (SSSR count). The van der Waals surface area contributed by atoms with Crippen LogP contribution in [0.3, 0.4) is 0 Å². The number of aryl methyl sites for hydroxylation is 1. The maximum atomic E-state index is 12.7. The van der Waals surface area contributed by atoms with Crippen molar-refractivity contribution in [3.8, 4) is 0 Å². The van der Waals surface area contributed by atoms with Gasteiger partial charge in [0.05, 0.1) is 11.4 Å². The highest BCUT2D eigenvalue weighted by Crippen LogP contribution is 2.21. The summed E-state index contributed by atoms with van der Waals surface area (Å²) in [4.78, 5) is 0.349. The van der Waals surface area contributed by atoms with E-state index in [1.54, 1.807) is 11.6 Å². The van der Waals surface area contributed by atoms with Crippen LogP contribution in [0.2, 0.25) is 0 Å². The van der Waals surface area contributed by atoms with Gasteiger partial charge < -0.3 is 5.32 Å². The van der Waals surface area contributed by atoms with Crippen molar-refractivity contribution in [3.05, 3.63) is 11.4 Å². The van der Waals surface area contributed by atoms with Crippen molar-refractivity contribution < 1.29 is 8.42 Å². The molecule has 0 aliphatic carbocycles. The molecule has 0 saturated carbocycles. The molecule has 120 valence electrons. The molecule has 0 amide bonds. The summed E-state index contributed by atoms with van der Waals surface area (Å²) in [7, 11) is -3.50. The van der Waals surface area contributed by atoms with Crippen LogP contribution in [-0.2, 0) is 16.6 Å². The predicted octanol–water partition coefficient (Wildman–Crippen LogP) is 1.19. The van der Waals surface area contributed by atoms with Crippen molar-refractivity contribution in [3.63, 3.8) is 0 Å². The van der Waals surface area contributed by atoms with Gasteiger partial charge in [0, 0.05) is 12.6 Å². The second kappa shape index (κ2) is 6.46. The van der Waals surface area contributed by atoms with Crippen LogP contribution in [0, 0.1) is 19.8 Å². The lowest BCUT2D eigenvalue weighted by Gasteiger charge is -2.23. The molecule has 21 heavy (non-hydrogen) atoms. The molecule has 2 heterocycles. The molecule has 0 spiro atoms. The van der Waals surface area contributed by atoms with Crippen LogP contribution in [0.1, 0.15) is 38.1 Å². The lowest BCUT2D eigenvalue weighted by molar-refractivity contribution is 0.426. The molecule has 1 fully saturated rings. The Morgan fingerprint density at radius 1 is 1.33 bits per heavy atom. The molecule has 0 atom stereocenters. The molecule has 7 heteroatoms. The predicted molar refractivity (Wildman–Crippen MR) is 82.8 cm³/mol. The number of hydrogen-bond acceptors (Lipinski definition) is 4. The fourth-order valence-electron chi connectivity index (χ4n) is 2.81. The first-order chi connectivity index (χ1) is 9.81. The van der Waals surface area contributed by atoms with Crippen LogP contribution >= 0.6 is 0 Å². The maximum Gasteiger partial charge on any atom is 0.244 e. The Morgan fingerprint density at radius 3 is 2.52 bits per heavy atom. The van der Waals surface area contributed by atoms with Crippen molar-refractivity contribution in [2.75, 3.05) is 13.1 Å². The molecular weight excluding hydrogens is 288 g/mol. The molecule has 0 aromatic carbocycles. The van der Waals surface area contributed by atoms with Gasteiger partial charge >= 0.3 is 0 Å². The van der Waals surface area contributed by atoms with Gasteiger partial charge in [-0.1, -0.05) is 13.8 Å². The van der Waals surface area contributed by atoms with Gasteiger partial charge in [-0.3, -0.25) is 4.68 Å². The zero-order chi connectivity index (χ0) is 15.6. The fraction of sp³-hybridized carbons (Fsp3) is 0.786. The molecule has 1 aromatic heterocycles. The first-order valence-corrected chi connectivity index (χ1v) is 9.06. The quantitative estimate of drug-likeness (QED) is 0.856. The SMILES string of the molecule is Cc1nn(CC(C)C)c(C)c1S(=O)(=O)NC1CCNCC1. The standard InChI is InChI=1S/C14H26N4O2S/c1-10(2)9-18-12(4)14(11(3)16-18)21(19,20)17-13-5-7-15-8-6-13/h10,13,15,17H,5-9H2,1-4H3. The average Bonchev–Trinajstić information content (AvgIpc) is 2.64. The Balaban J connectivity index is 2.24. The minimum Gasteiger partial charge on any atom is -0.317 e. The van der Waals surface area contributed by atoms with Gasteiger partial charge in [-0.2, -0.15) is 5.10 Å². The lowest BCUT2D eigenvalue weighted by Crippen LogP contribution is -2.42. The monoisotopic (exact) mass is 314 g/mol. The Labute approximate surface area is 127 Å². The van der Waals surface area contributed by atoms with E-state index in [2.05, 4.69) is 29.0 Å². The van der Waals surface area contributed by atoms with Crippen molar-refractivity contribution in [2.45, 2.75) is 58.0 Å². The van der Waals surface area contributed by atoms with E-state index in [0.717, 1.165) is 38.2 Å². The number of nitrogens with zero attached hydrogens (tertiary/aromatic N) is 2. The fourth-order valence-corrected chi connectivity index (χ4v) is 4.53. The number of sulfonamides is 1. The van der Waals surface area contributed by atoms with E-state index in [4.69, 9.17) is 0 Å². The normalized spacial score (nSPS) is 17.6. The van der Waals surface area contributed by atoms with E-state index in [9.17, 15) is 8.42 Å². The summed E-state index contributed by atoms with van der Waals surface area (Å²) in [5, 5.41) is 7.63. The maximum absolute atomic E-state index is 12.7. The van der Waals surface area contributed by atoms with E-state index >= 15 is 0 Å². The van der Waals surface area contributed by atoms with Crippen molar-refractivity contribution in [2.24, 2.45) is 5.92 Å². The van der Waals surface area contributed by atoms with Gasteiger partial charge in [0.25, 0.3) is 0 Å². The topological polar surface area (TPSA) is 76.0 Å². The van der Waals surface area contributed by atoms with Crippen LogP contribution in [0.4, 0.5) is 0 Å². The summed E-state index contributed by atoms with van der Waals surface area (Å²) in [6, 6.07) is 0.0171. The van der Waals surface area contributed by atoms with Crippen molar-refractivity contribution in [1.82, 2.24) is 19.8 Å². The van der Waals surface area contributed by atoms with Gasteiger partial charge in [0.15, 0.2) is 0 Å². The molecule has 1 aliphatic heterocycles. The molecule has 1 aliphatic rings. The molecule has 1 saturated heterocycles. The Morgan fingerprint density at radius 2 is 1.95 bits per heavy atom. The summed E-state index contributed by atoms with van der Waals surface area (Å²) < 4.78 is 30.0. The van der Waals surface area contributed by atoms with E-state index in [1.165, 1.54) is 0 Å². The zero-order valence-electron chi connectivity index (χ0n) is 13.3. The third-order valence-corrected chi connectivity index (χ3v) is 5.55. The second-order valence-electron chi connectivity index (χ2n) is 6.22. The minimum absolute atomic E-state index is 0.0171.